The number of rotatable bonds is 11. The van der Waals surface area contributed by atoms with Gasteiger partial charge in [-0.25, -0.2) is 13.8 Å². The summed E-state index contributed by atoms with van der Waals surface area (Å²) in [6, 6.07) is 21.4. The van der Waals surface area contributed by atoms with Crippen molar-refractivity contribution >= 4 is 22.1 Å². The van der Waals surface area contributed by atoms with Crippen LogP contribution in [0.15, 0.2) is 82.8 Å². The van der Waals surface area contributed by atoms with E-state index >= 15 is 0 Å². The molecule has 0 bridgehead atoms. The van der Waals surface area contributed by atoms with Crippen LogP contribution in [-0.4, -0.2) is 52.7 Å². The number of methoxy groups -OCH3 is 2. The summed E-state index contributed by atoms with van der Waals surface area (Å²) in [4.78, 5) is 12.2. The van der Waals surface area contributed by atoms with Gasteiger partial charge in [0.2, 0.25) is 10.0 Å². The first-order valence-electron chi connectivity index (χ1n) is 10.6. The fourth-order valence-electron chi connectivity index (χ4n) is 3.08. The van der Waals surface area contributed by atoms with Gasteiger partial charge in [0.15, 0.2) is 0 Å². The first kappa shape index (κ1) is 25.7. The maximum Gasteiger partial charge on any atom is 0.255 e. The predicted octanol–water partition coefficient (Wildman–Crippen LogP) is 3.05. The van der Waals surface area contributed by atoms with Gasteiger partial charge in [-0.2, -0.15) is 9.41 Å². The van der Waals surface area contributed by atoms with Crippen molar-refractivity contribution in [2.24, 2.45) is 5.10 Å². The molecule has 0 saturated carbocycles. The van der Waals surface area contributed by atoms with Crippen molar-refractivity contribution in [3.63, 3.8) is 0 Å². The van der Waals surface area contributed by atoms with Crippen molar-refractivity contribution in [1.29, 1.82) is 0 Å². The molecule has 0 aromatic heterocycles. The fraction of sp³-hybridized carbons (Fsp3) is 0.200. The van der Waals surface area contributed by atoms with Gasteiger partial charge in [0.1, 0.15) is 28.8 Å². The largest absolute Gasteiger partial charge is 0.497 e. The number of amides is 1. The van der Waals surface area contributed by atoms with Gasteiger partial charge >= 0.3 is 0 Å². The van der Waals surface area contributed by atoms with Gasteiger partial charge in [-0.3, -0.25) is 4.79 Å². The number of hydrazone groups is 1. The van der Waals surface area contributed by atoms with Gasteiger partial charge in [0.05, 0.1) is 27.0 Å². The Morgan fingerprint density at radius 2 is 1.74 bits per heavy atom. The molecule has 3 rings (SSSR count). The molecule has 10 heteroatoms. The molecule has 0 aliphatic heterocycles. The van der Waals surface area contributed by atoms with E-state index in [0.717, 1.165) is 9.87 Å². The number of likely N-dealkylation sites (N-methyl/N-ethyl adjacent to an activating group) is 1. The van der Waals surface area contributed by atoms with E-state index in [1.807, 2.05) is 42.5 Å². The Balaban J connectivity index is 1.58. The van der Waals surface area contributed by atoms with Crippen molar-refractivity contribution in [3.8, 4) is 17.2 Å². The van der Waals surface area contributed by atoms with Crippen molar-refractivity contribution in [3.05, 3.63) is 83.9 Å². The Hall–Kier alpha value is -3.89. The quantitative estimate of drug-likeness (QED) is 0.322. The van der Waals surface area contributed by atoms with Crippen LogP contribution in [0.5, 0.6) is 17.2 Å². The molecule has 0 fully saturated rings. The average Bonchev–Trinajstić information content (AvgIpc) is 2.87. The van der Waals surface area contributed by atoms with E-state index in [-0.39, 0.29) is 10.6 Å². The highest BCUT2D eigenvalue weighted by molar-refractivity contribution is 7.89. The SMILES string of the molecule is COc1ccc(OC)c(S(=O)(=O)N(C)CC(=O)N/N=C/c2cccc(OCc3ccccc3)c2)c1. The molecule has 3 aromatic carbocycles. The Labute approximate surface area is 205 Å². The Bertz CT molecular complexity index is 1280. The maximum atomic E-state index is 13.0. The first-order chi connectivity index (χ1) is 16.8. The van der Waals surface area contributed by atoms with E-state index in [2.05, 4.69) is 10.5 Å². The van der Waals surface area contributed by atoms with Crippen LogP contribution in [0, 0.1) is 0 Å². The van der Waals surface area contributed by atoms with Crippen LogP contribution in [0.1, 0.15) is 11.1 Å². The molecule has 0 spiro atoms. The summed E-state index contributed by atoms with van der Waals surface area (Å²) < 4.78 is 42.9. The highest BCUT2D eigenvalue weighted by Gasteiger charge is 2.27. The maximum absolute atomic E-state index is 13.0. The van der Waals surface area contributed by atoms with E-state index in [0.29, 0.717) is 23.7 Å². The minimum atomic E-state index is -4.02. The summed E-state index contributed by atoms with van der Waals surface area (Å²) in [5.74, 6) is 0.542. The number of hydrogen-bond acceptors (Lipinski definition) is 7. The zero-order chi connectivity index (χ0) is 25.3. The van der Waals surface area contributed by atoms with E-state index in [9.17, 15) is 13.2 Å². The number of carbonyl (C=O) groups excluding carboxylic acids is 1. The number of nitrogens with one attached hydrogen (secondary N) is 1. The molecular formula is C25H27N3O6S. The van der Waals surface area contributed by atoms with Crippen LogP contribution in [-0.2, 0) is 21.4 Å². The van der Waals surface area contributed by atoms with Crippen LogP contribution in [0.2, 0.25) is 0 Å². The molecule has 0 unspecified atom stereocenters. The lowest BCUT2D eigenvalue weighted by Gasteiger charge is -2.18. The molecule has 0 heterocycles. The molecule has 0 aliphatic carbocycles. The van der Waals surface area contributed by atoms with Crippen molar-refractivity contribution in [2.45, 2.75) is 11.5 Å². The number of hydrogen-bond donors (Lipinski definition) is 1. The molecular weight excluding hydrogens is 470 g/mol. The van der Waals surface area contributed by atoms with Gasteiger partial charge in [-0.05, 0) is 35.4 Å². The van der Waals surface area contributed by atoms with Gasteiger partial charge < -0.3 is 14.2 Å². The lowest BCUT2D eigenvalue weighted by atomic mass is 10.2. The van der Waals surface area contributed by atoms with E-state index < -0.39 is 22.5 Å². The predicted molar refractivity (Wildman–Crippen MR) is 132 cm³/mol. The summed E-state index contributed by atoms with van der Waals surface area (Å²) in [6.07, 6.45) is 1.45. The standard InChI is InChI=1S/C25H27N3O6S/c1-28(35(30,31)24-15-21(32-2)12-13-23(24)33-3)17-25(29)27-26-16-20-10-7-11-22(14-20)34-18-19-8-5-4-6-9-19/h4-16H,17-18H2,1-3H3,(H,27,29)/b26-16+. The molecule has 0 radical (unpaired) electrons. The van der Waals surface area contributed by atoms with Gasteiger partial charge in [0.25, 0.3) is 5.91 Å². The minimum Gasteiger partial charge on any atom is -0.497 e. The number of benzene rings is 3. The molecule has 184 valence electrons. The summed E-state index contributed by atoms with van der Waals surface area (Å²) in [5, 5.41) is 3.92. The van der Waals surface area contributed by atoms with Crippen LogP contribution in [0.25, 0.3) is 0 Å². The third kappa shape index (κ3) is 7.05. The summed E-state index contributed by atoms with van der Waals surface area (Å²) in [7, 11) is 0.0684. The van der Waals surface area contributed by atoms with Gasteiger partial charge in [-0.15, -0.1) is 0 Å². The lowest BCUT2D eigenvalue weighted by molar-refractivity contribution is -0.121. The highest BCUT2D eigenvalue weighted by Crippen LogP contribution is 2.30. The van der Waals surface area contributed by atoms with Gasteiger partial charge in [-0.1, -0.05) is 42.5 Å². The molecule has 3 aromatic rings. The van der Waals surface area contributed by atoms with Crippen LogP contribution < -0.4 is 19.6 Å². The zero-order valence-corrected chi connectivity index (χ0v) is 20.5. The summed E-state index contributed by atoms with van der Waals surface area (Å²) in [6.45, 7) is -0.0165. The molecule has 35 heavy (non-hydrogen) atoms. The van der Waals surface area contributed by atoms with E-state index in [4.69, 9.17) is 14.2 Å². The third-order valence-corrected chi connectivity index (χ3v) is 6.76. The van der Waals surface area contributed by atoms with Crippen molar-refractivity contribution < 1.29 is 27.4 Å². The second-order valence-corrected chi connectivity index (χ2v) is 9.43. The fourth-order valence-corrected chi connectivity index (χ4v) is 4.37. The summed E-state index contributed by atoms with van der Waals surface area (Å²) >= 11 is 0. The molecule has 0 aliphatic rings. The molecule has 1 amide bonds. The molecule has 9 nitrogen and oxygen atoms in total. The number of ether oxygens (including phenoxy) is 3. The molecule has 0 atom stereocenters. The third-order valence-electron chi connectivity index (χ3n) is 4.93. The Morgan fingerprint density at radius 1 is 0.971 bits per heavy atom. The topological polar surface area (TPSA) is 107 Å². The van der Waals surface area contributed by atoms with Crippen molar-refractivity contribution in [1.82, 2.24) is 9.73 Å². The molecule has 1 N–H and O–H groups in total. The van der Waals surface area contributed by atoms with Crippen LogP contribution >= 0.6 is 0 Å². The number of nitrogens with zero attached hydrogens (tertiary/aromatic N) is 2. The lowest BCUT2D eigenvalue weighted by Crippen LogP contribution is -2.36. The van der Waals surface area contributed by atoms with Crippen LogP contribution in [0.3, 0.4) is 0 Å². The normalized spacial score (nSPS) is 11.4. The Morgan fingerprint density at radius 3 is 2.46 bits per heavy atom. The van der Waals surface area contributed by atoms with E-state index in [1.165, 1.54) is 39.6 Å². The van der Waals surface area contributed by atoms with Crippen molar-refractivity contribution in [2.75, 3.05) is 27.8 Å². The highest BCUT2D eigenvalue weighted by atomic mass is 32.2. The smallest absolute Gasteiger partial charge is 0.255 e. The monoisotopic (exact) mass is 497 g/mol. The number of sulfonamides is 1. The first-order valence-corrected chi connectivity index (χ1v) is 12.0. The zero-order valence-electron chi connectivity index (χ0n) is 19.7. The van der Waals surface area contributed by atoms with E-state index in [1.54, 1.807) is 18.2 Å². The number of carbonyl (C=O) groups is 1. The summed E-state index contributed by atoms with van der Waals surface area (Å²) in [5.41, 5.74) is 4.09. The Kier molecular flexibility index (Phi) is 8.82. The van der Waals surface area contributed by atoms with Crippen LogP contribution in [0.4, 0.5) is 0 Å². The second-order valence-electron chi connectivity index (χ2n) is 7.42. The second kappa shape index (κ2) is 12.0. The van der Waals surface area contributed by atoms with Gasteiger partial charge in [0, 0.05) is 13.1 Å². The minimum absolute atomic E-state index is 0.106. The average molecular weight is 498 g/mol. The molecule has 0 saturated heterocycles.